The van der Waals surface area contributed by atoms with E-state index in [1.807, 2.05) is 26.8 Å². The Morgan fingerprint density at radius 2 is 1.60 bits per heavy atom. The lowest BCUT2D eigenvalue weighted by molar-refractivity contribution is 0.0910. The predicted octanol–water partition coefficient (Wildman–Crippen LogP) is 3.94. The Hall–Kier alpha value is -2.34. The topological polar surface area (TPSA) is 64.6 Å². The molecule has 6 heteroatoms. The fraction of sp³-hybridized carbons (Fsp3) is 0.263. The first-order valence-corrected chi connectivity index (χ1v) is 8.61. The molecule has 5 nitrogen and oxygen atoms in total. The third-order valence-electron chi connectivity index (χ3n) is 3.61. The third kappa shape index (κ3) is 3.69. The van der Waals surface area contributed by atoms with Crippen molar-refractivity contribution in [1.82, 2.24) is 5.32 Å². The largest absolute Gasteiger partial charge is 0.454 e. The van der Waals surface area contributed by atoms with Gasteiger partial charge < -0.3 is 14.8 Å². The molecule has 0 spiro atoms. The van der Waals surface area contributed by atoms with Crippen LogP contribution in [0.2, 0.25) is 0 Å². The molecule has 0 saturated carbocycles. The van der Waals surface area contributed by atoms with E-state index in [0.717, 1.165) is 0 Å². The van der Waals surface area contributed by atoms with Gasteiger partial charge in [0.05, 0.1) is 5.56 Å². The zero-order valence-electron chi connectivity index (χ0n) is 14.2. The highest BCUT2D eigenvalue weighted by Gasteiger charge is 2.27. The second-order valence-electron chi connectivity index (χ2n) is 6.76. The van der Waals surface area contributed by atoms with E-state index in [9.17, 15) is 9.59 Å². The lowest BCUT2D eigenvalue weighted by Gasteiger charge is -2.21. The Morgan fingerprint density at radius 1 is 1.00 bits per heavy atom. The monoisotopic (exact) mass is 403 g/mol. The number of carbonyl (C=O) groups excluding carboxylic acids is 2. The van der Waals surface area contributed by atoms with Crippen LogP contribution in [0, 0.1) is 0 Å². The summed E-state index contributed by atoms with van der Waals surface area (Å²) in [6.45, 7) is 5.72. The maximum Gasteiger partial charge on any atom is 0.252 e. The summed E-state index contributed by atoms with van der Waals surface area (Å²) in [6.07, 6.45) is 0. The van der Waals surface area contributed by atoms with Crippen LogP contribution >= 0.6 is 15.9 Å². The van der Waals surface area contributed by atoms with Crippen LogP contribution in [0.15, 0.2) is 40.9 Å². The van der Waals surface area contributed by atoms with Crippen molar-refractivity contribution in [2.24, 2.45) is 0 Å². The van der Waals surface area contributed by atoms with E-state index in [2.05, 4.69) is 21.2 Å². The molecule has 0 saturated heterocycles. The van der Waals surface area contributed by atoms with E-state index < -0.39 is 5.54 Å². The second-order valence-corrected chi connectivity index (χ2v) is 7.62. The highest BCUT2D eigenvalue weighted by molar-refractivity contribution is 9.10. The number of hydrogen-bond donors (Lipinski definition) is 1. The molecule has 0 fully saturated rings. The van der Waals surface area contributed by atoms with Gasteiger partial charge in [0.15, 0.2) is 17.3 Å². The van der Waals surface area contributed by atoms with Gasteiger partial charge >= 0.3 is 0 Å². The number of hydrogen-bond acceptors (Lipinski definition) is 4. The number of halogens is 1. The molecule has 0 aliphatic carbocycles. The maximum atomic E-state index is 13.1. The lowest BCUT2D eigenvalue weighted by Crippen LogP contribution is -2.41. The molecule has 0 aromatic heterocycles. The smallest absolute Gasteiger partial charge is 0.252 e. The molecule has 0 bridgehead atoms. The first kappa shape index (κ1) is 17.5. The minimum absolute atomic E-state index is 0.0718. The summed E-state index contributed by atoms with van der Waals surface area (Å²) in [5.41, 5.74) is 0.588. The number of ketones is 1. The summed E-state index contributed by atoms with van der Waals surface area (Å²) in [7, 11) is 0. The number of ether oxygens (including phenoxy) is 2. The molecule has 130 valence electrons. The number of amides is 1. The molecular formula is C19H18BrNO4. The van der Waals surface area contributed by atoms with Crippen molar-refractivity contribution in [2.45, 2.75) is 26.3 Å². The van der Waals surface area contributed by atoms with Crippen molar-refractivity contribution in [2.75, 3.05) is 6.79 Å². The van der Waals surface area contributed by atoms with Gasteiger partial charge in [0.1, 0.15) is 0 Å². The van der Waals surface area contributed by atoms with Crippen LogP contribution in [0.25, 0.3) is 0 Å². The molecule has 1 aliphatic rings. The quantitative estimate of drug-likeness (QED) is 0.788. The summed E-state index contributed by atoms with van der Waals surface area (Å²) in [4.78, 5) is 25.8. The number of rotatable bonds is 3. The van der Waals surface area contributed by atoms with Crippen molar-refractivity contribution < 1.29 is 19.1 Å². The summed E-state index contributed by atoms with van der Waals surface area (Å²) in [5.74, 6) is 0.330. The molecular weight excluding hydrogens is 386 g/mol. The summed E-state index contributed by atoms with van der Waals surface area (Å²) in [5, 5.41) is 2.89. The van der Waals surface area contributed by atoms with Crippen molar-refractivity contribution in [3.05, 3.63) is 57.6 Å². The zero-order valence-corrected chi connectivity index (χ0v) is 15.8. The van der Waals surface area contributed by atoms with Crippen LogP contribution < -0.4 is 14.8 Å². The van der Waals surface area contributed by atoms with Gasteiger partial charge in [-0.05, 0) is 45.0 Å². The fourth-order valence-electron chi connectivity index (χ4n) is 2.52. The Labute approximate surface area is 154 Å². The summed E-state index contributed by atoms with van der Waals surface area (Å²) in [6, 6.07) is 10.2. The molecule has 2 aromatic carbocycles. The third-order valence-corrected chi connectivity index (χ3v) is 4.30. The highest BCUT2D eigenvalue weighted by atomic mass is 79.9. The van der Waals surface area contributed by atoms with Gasteiger partial charge in [0.2, 0.25) is 6.79 Å². The second kappa shape index (κ2) is 6.52. The Kier molecular flexibility index (Phi) is 4.56. The molecule has 0 unspecified atom stereocenters. The van der Waals surface area contributed by atoms with Gasteiger partial charge in [-0.1, -0.05) is 28.1 Å². The SMILES string of the molecule is CC(C)(C)NC(=O)c1cc2c(cc1C(=O)c1ccccc1Br)OCO2. The fourth-order valence-corrected chi connectivity index (χ4v) is 2.98. The van der Waals surface area contributed by atoms with Gasteiger partial charge in [-0.3, -0.25) is 9.59 Å². The Morgan fingerprint density at radius 3 is 2.20 bits per heavy atom. The molecule has 1 aliphatic heterocycles. The molecule has 1 amide bonds. The Bertz CT molecular complexity index is 855. The average Bonchev–Trinajstić information content (AvgIpc) is 2.99. The van der Waals surface area contributed by atoms with E-state index in [4.69, 9.17) is 9.47 Å². The normalized spacial score (nSPS) is 12.8. The molecule has 0 atom stereocenters. The van der Waals surface area contributed by atoms with E-state index in [0.29, 0.717) is 21.5 Å². The van der Waals surface area contributed by atoms with Gasteiger partial charge in [0, 0.05) is 21.1 Å². The van der Waals surface area contributed by atoms with Crippen LogP contribution in [-0.2, 0) is 0 Å². The van der Waals surface area contributed by atoms with Crippen molar-refractivity contribution in [3.63, 3.8) is 0 Å². The molecule has 25 heavy (non-hydrogen) atoms. The van der Waals surface area contributed by atoms with Crippen LogP contribution in [0.5, 0.6) is 11.5 Å². The van der Waals surface area contributed by atoms with Crippen molar-refractivity contribution in [1.29, 1.82) is 0 Å². The maximum absolute atomic E-state index is 13.1. The Balaban J connectivity index is 2.10. The zero-order chi connectivity index (χ0) is 18.2. The van der Waals surface area contributed by atoms with E-state index in [1.165, 1.54) is 0 Å². The number of fused-ring (bicyclic) bond motifs is 1. The van der Waals surface area contributed by atoms with Gasteiger partial charge in [-0.2, -0.15) is 0 Å². The van der Waals surface area contributed by atoms with Gasteiger partial charge in [-0.25, -0.2) is 0 Å². The molecule has 2 aromatic rings. The van der Waals surface area contributed by atoms with E-state index >= 15 is 0 Å². The first-order valence-electron chi connectivity index (χ1n) is 7.81. The van der Waals surface area contributed by atoms with Gasteiger partial charge in [0.25, 0.3) is 5.91 Å². The molecule has 0 radical (unpaired) electrons. The van der Waals surface area contributed by atoms with E-state index in [-0.39, 0.29) is 29.6 Å². The summed E-state index contributed by atoms with van der Waals surface area (Å²) >= 11 is 3.39. The van der Waals surface area contributed by atoms with Gasteiger partial charge in [-0.15, -0.1) is 0 Å². The summed E-state index contributed by atoms with van der Waals surface area (Å²) < 4.78 is 11.4. The average molecular weight is 404 g/mol. The highest BCUT2D eigenvalue weighted by Crippen LogP contribution is 2.36. The minimum atomic E-state index is -0.429. The predicted molar refractivity (Wildman–Crippen MR) is 97.4 cm³/mol. The van der Waals surface area contributed by atoms with Crippen molar-refractivity contribution in [3.8, 4) is 11.5 Å². The first-order chi connectivity index (χ1) is 11.8. The number of benzene rings is 2. The molecule has 1 N–H and O–H groups in total. The van der Waals surface area contributed by atoms with E-state index in [1.54, 1.807) is 30.3 Å². The van der Waals surface area contributed by atoms with Crippen LogP contribution in [0.1, 0.15) is 47.1 Å². The number of nitrogens with one attached hydrogen (secondary N) is 1. The molecule has 3 rings (SSSR count). The van der Waals surface area contributed by atoms with Crippen molar-refractivity contribution >= 4 is 27.6 Å². The minimum Gasteiger partial charge on any atom is -0.454 e. The van der Waals surface area contributed by atoms with Crippen LogP contribution in [-0.4, -0.2) is 24.0 Å². The standard InChI is InChI=1S/C19H18BrNO4/c1-19(2,3)21-18(23)13-9-16-15(24-10-25-16)8-12(13)17(22)11-6-4-5-7-14(11)20/h4-9H,10H2,1-3H3,(H,21,23). The lowest BCUT2D eigenvalue weighted by atomic mass is 9.96. The molecule has 1 heterocycles. The van der Waals surface area contributed by atoms with Crippen LogP contribution in [0.3, 0.4) is 0 Å². The number of carbonyl (C=O) groups is 2. The van der Waals surface area contributed by atoms with Crippen LogP contribution in [0.4, 0.5) is 0 Å².